The minimum atomic E-state index is -0.568. The Balaban J connectivity index is 1.62. The van der Waals surface area contributed by atoms with Crippen molar-refractivity contribution in [1.29, 1.82) is 0 Å². The van der Waals surface area contributed by atoms with E-state index >= 15 is 0 Å². The van der Waals surface area contributed by atoms with Gasteiger partial charge in [0.1, 0.15) is 11.8 Å². The molecule has 0 N–H and O–H groups in total. The number of Topliss-reactive ketones (excluding diaryl/α,β-unsaturated/α-hetero) is 1. The van der Waals surface area contributed by atoms with Gasteiger partial charge < -0.3 is 14.2 Å². The van der Waals surface area contributed by atoms with Crippen LogP contribution in [0.15, 0.2) is 47.4 Å². The van der Waals surface area contributed by atoms with Crippen molar-refractivity contribution in [3.05, 3.63) is 58.7 Å². The molecule has 0 spiro atoms. The first-order chi connectivity index (χ1) is 14.4. The van der Waals surface area contributed by atoms with Crippen LogP contribution in [0.5, 0.6) is 11.5 Å². The Labute approximate surface area is 183 Å². The van der Waals surface area contributed by atoms with Gasteiger partial charge in [-0.15, -0.1) is 11.8 Å². The van der Waals surface area contributed by atoms with Crippen LogP contribution >= 0.6 is 23.4 Å². The van der Waals surface area contributed by atoms with Crippen LogP contribution in [-0.4, -0.2) is 36.7 Å². The van der Waals surface area contributed by atoms with Crippen LogP contribution in [0, 0.1) is 0 Å². The van der Waals surface area contributed by atoms with Gasteiger partial charge in [0.05, 0.1) is 12.6 Å². The maximum absolute atomic E-state index is 12.1. The fourth-order valence-corrected chi connectivity index (χ4v) is 3.37. The van der Waals surface area contributed by atoms with E-state index in [0.29, 0.717) is 22.6 Å². The van der Waals surface area contributed by atoms with Gasteiger partial charge in [-0.05, 0) is 49.6 Å². The predicted molar refractivity (Wildman–Crippen MR) is 117 cm³/mol. The minimum absolute atomic E-state index is 0.0192. The van der Waals surface area contributed by atoms with Crippen LogP contribution in [0.4, 0.5) is 0 Å². The lowest BCUT2D eigenvalue weighted by molar-refractivity contribution is -0.147. The summed E-state index contributed by atoms with van der Waals surface area (Å²) in [6, 6.07) is 12.5. The van der Waals surface area contributed by atoms with E-state index < -0.39 is 5.97 Å². The van der Waals surface area contributed by atoms with Crippen molar-refractivity contribution >= 4 is 46.0 Å². The number of ketones is 1. The van der Waals surface area contributed by atoms with Crippen molar-refractivity contribution in [2.45, 2.75) is 18.4 Å². The Morgan fingerprint density at radius 3 is 2.60 bits per heavy atom. The number of rotatable bonds is 8. The Morgan fingerprint density at radius 1 is 1.10 bits per heavy atom. The first-order valence-corrected chi connectivity index (χ1v) is 10.6. The summed E-state index contributed by atoms with van der Waals surface area (Å²) < 4.78 is 16.0. The third-order valence-electron chi connectivity index (χ3n) is 4.36. The van der Waals surface area contributed by atoms with E-state index in [4.69, 9.17) is 25.8 Å². The highest BCUT2D eigenvalue weighted by Crippen LogP contribution is 2.28. The van der Waals surface area contributed by atoms with Crippen molar-refractivity contribution in [3.8, 4) is 11.5 Å². The Morgan fingerprint density at radius 2 is 1.90 bits per heavy atom. The number of aromatic nitrogens is 1. The highest BCUT2D eigenvalue weighted by atomic mass is 35.5. The number of nitrogens with zero attached hydrogens (tertiary/aromatic N) is 1. The Hall–Kier alpha value is -2.77. The van der Waals surface area contributed by atoms with E-state index in [1.165, 1.54) is 14.0 Å². The third-order valence-corrected chi connectivity index (χ3v) is 5.41. The summed E-state index contributed by atoms with van der Waals surface area (Å²) in [5, 5.41) is 1.20. The Kier molecular flexibility index (Phi) is 7.18. The number of halogens is 1. The molecule has 0 amide bonds. The maximum atomic E-state index is 12.1. The van der Waals surface area contributed by atoms with Crippen molar-refractivity contribution in [3.63, 3.8) is 0 Å². The zero-order valence-electron chi connectivity index (χ0n) is 16.7. The molecule has 0 bridgehead atoms. The summed E-state index contributed by atoms with van der Waals surface area (Å²) in [4.78, 5) is 29.1. The smallest absolute Gasteiger partial charge is 0.344 e. The summed E-state index contributed by atoms with van der Waals surface area (Å²) in [6.07, 6.45) is 1.99. The fourth-order valence-electron chi connectivity index (χ4n) is 2.74. The van der Waals surface area contributed by atoms with E-state index in [2.05, 4.69) is 4.98 Å². The molecule has 0 aliphatic rings. The SMILES string of the molecule is COc1cc(C(C)=O)ccc1OCC(=O)OCc1cc2ccc(SC)cc2nc1Cl. The lowest BCUT2D eigenvalue weighted by Crippen LogP contribution is -2.15. The van der Waals surface area contributed by atoms with Gasteiger partial charge in [-0.2, -0.15) is 0 Å². The highest BCUT2D eigenvalue weighted by molar-refractivity contribution is 7.98. The summed E-state index contributed by atoms with van der Waals surface area (Å²) >= 11 is 7.87. The number of hydrogen-bond acceptors (Lipinski definition) is 7. The van der Waals surface area contributed by atoms with Gasteiger partial charge in [-0.3, -0.25) is 4.79 Å². The molecule has 0 saturated carbocycles. The number of ether oxygens (including phenoxy) is 3. The molecule has 0 aliphatic carbocycles. The second-order valence-electron chi connectivity index (χ2n) is 6.37. The van der Waals surface area contributed by atoms with E-state index in [1.807, 2.05) is 30.5 Å². The minimum Gasteiger partial charge on any atom is -0.493 e. The van der Waals surface area contributed by atoms with Crippen LogP contribution in [-0.2, 0) is 16.1 Å². The number of benzene rings is 2. The average Bonchev–Trinajstić information content (AvgIpc) is 2.75. The number of carbonyl (C=O) groups is 2. The molecule has 0 aliphatic heterocycles. The molecule has 1 heterocycles. The molecule has 6 nitrogen and oxygen atoms in total. The second kappa shape index (κ2) is 9.82. The molecule has 2 aromatic carbocycles. The van der Waals surface area contributed by atoms with E-state index in [1.54, 1.807) is 30.0 Å². The van der Waals surface area contributed by atoms with Gasteiger partial charge in [-0.1, -0.05) is 17.7 Å². The summed E-state index contributed by atoms with van der Waals surface area (Å²) in [7, 11) is 1.46. The number of hydrogen-bond donors (Lipinski definition) is 0. The van der Waals surface area contributed by atoms with E-state index in [0.717, 1.165) is 15.8 Å². The first-order valence-electron chi connectivity index (χ1n) is 9.02. The number of fused-ring (bicyclic) bond motifs is 1. The zero-order chi connectivity index (χ0) is 21.7. The maximum Gasteiger partial charge on any atom is 0.344 e. The number of pyridine rings is 1. The molecule has 0 saturated heterocycles. The molecule has 0 fully saturated rings. The molecular weight excluding hydrogens is 426 g/mol. The van der Waals surface area contributed by atoms with Crippen molar-refractivity contribution < 1.29 is 23.8 Å². The largest absolute Gasteiger partial charge is 0.493 e. The molecule has 3 aromatic rings. The first kappa shape index (κ1) is 21.9. The van der Waals surface area contributed by atoms with Gasteiger partial charge >= 0.3 is 5.97 Å². The van der Waals surface area contributed by atoms with Crippen LogP contribution < -0.4 is 9.47 Å². The zero-order valence-corrected chi connectivity index (χ0v) is 18.3. The second-order valence-corrected chi connectivity index (χ2v) is 7.61. The quantitative estimate of drug-likeness (QED) is 0.210. The molecule has 0 atom stereocenters. The highest BCUT2D eigenvalue weighted by Gasteiger charge is 2.13. The summed E-state index contributed by atoms with van der Waals surface area (Å²) in [5.74, 6) is 0.0442. The third kappa shape index (κ3) is 5.23. The normalized spacial score (nSPS) is 10.7. The summed E-state index contributed by atoms with van der Waals surface area (Å²) in [6.45, 7) is 1.13. The van der Waals surface area contributed by atoms with Gasteiger partial charge in [0.2, 0.25) is 0 Å². The number of methoxy groups -OCH3 is 1. The van der Waals surface area contributed by atoms with Gasteiger partial charge in [-0.25, -0.2) is 9.78 Å². The van der Waals surface area contributed by atoms with E-state index in [-0.39, 0.29) is 24.2 Å². The van der Waals surface area contributed by atoms with Gasteiger partial charge in [0.15, 0.2) is 23.9 Å². The predicted octanol–water partition coefficient (Wildman–Crippen LogP) is 4.94. The Bertz CT molecular complexity index is 1100. The molecule has 30 heavy (non-hydrogen) atoms. The number of carbonyl (C=O) groups excluding carboxylic acids is 2. The molecule has 8 heteroatoms. The monoisotopic (exact) mass is 445 g/mol. The standard InChI is InChI=1S/C22H20ClNO5S/c1-13(25)14-5-7-19(20(9-14)27-2)28-12-21(26)29-11-16-8-15-4-6-17(30-3)10-18(15)24-22(16)23/h4-10H,11-12H2,1-3H3. The van der Waals surface area contributed by atoms with Crippen LogP contribution in [0.25, 0.3) is 10.9 Å². The average molecular weight is 446 g/mol. The van der Waals surface area contributed by atoms with Crippen molar-refractivity contribution in [2.75, 3.05) is 20.0 Å². The fraction of sp³-hybridized carbons (Fsp3) is 0.227. The van der Waals surface area contributed by atoms with Crippen LogP contribution in [0.2, 0.25) is 5.15 Å². The topological polar surface area (TPSA) is 74.7 Å². The van der Waals surface area contributed by atoms with Crippen molar-refractivity contribution in [2.24, 2.45) is 0 Å². The molecule has 0 radical (unpaired) electrons. The van der Waals surface area contributed by atoms with Gasteiger partial charge in [0.25, 0.3) is 0 Å². The molecule has 0 unspecified atom stereocenters. The van der Waals surface area contributed by atoms with Gasteiger partial charge in [0, 0.05) is 21.4 Å². The molecule has 3 rings (SSSR count). The van der Waals surface area contributed by atoms with Crippen molar-refractivity contribution in [1.82, 2.24) is 4.98 Å². The number of thioether (sulfide) groups is 1. The van der Waals surface area contributed by atoms with E-state index in [9.17, 15) is 9.59 Å². The van der Waals surface area contributed by atoms with Crippen LogP contribution in [0.1, 0.15) is 22.8 Å². The lowest BCUT2D eigenvalue weighted by atomic mass is 10.1. The molecule has 1 aromatic heterocycles. The lowest BCUT2D eigenvalue weighted by Gasteiger charge is -2.12. The summed E-state index contributed by atoms with van der Waals surface area (Å²) in [5.41, 5.74) is 1.88. The van der Waals surface area contributed by atoms with Crippen LogP contribution in [0.3, 0.4) is 0 Å². The molecule has 156 valence electrons. The number of esters is 1. The molecular formula is C22H20ClNO5S.